The van der Waals surface area contributed by atoms with E-state index in [1.54, 1.807) is 0 Å². The highest BCUT2D eigenvalue weighted by atomic mass is 16.3. The maximum absolute atomic E-state index is 10.5. The number of phenolic OH excluding ortho intramolecular Hbond substituents is 1. The Morgan fingerprint density at radius 3 is 1.81 bits per heavy atom. The van der Waals surface area contributed by atoms with Crippen molar-refractivity contribution in [1.82, 2.24) is 0 Å². The molecule has 3 rings (SSSR count). The van der Waals surface area contributed by atoms with Crippen LogP contribution in [0.5, 0.6) is 5.75 Å². The molecule has 3 heteroatoms. The Morgan fingerprint density at radius 1 is 0.692 bits per heavy atom. The fourth-order valence-corrected chi connectivity index (χ4v) is 3.29. The van der Waals surface area contributed by atoms with Crippen molar-refractivity contribution in [3.8, 4) is 5.75 Å². The minimum absolute atomic E-state index is 0. The molecule has 1 N–H and O–H groups in total. The molecule has 3 nitrogen and oxygen atoms in total. The van der Waals surface area contributed by atoms with E-state index in [1.807, 2.05) is 37.3 Å². The molecule has 0 bridgehead atoms. The maximum atomic E-state index is 10.5. The van der Waals surface area contributed by atoms with E-state index in [1.165, 1.54) is 16.7 Å². The molecular weight excluding hydrogens is 320 g/mol. The fourth-order valence-electron chi connectivity index (χ4n) is 3.29. The second kappa shape index (κ2) is 7.28. The Balaban J connectivity index is 0.00000243. The van der Waals surface area contributed by atoms with Crippen molar-refractivity contribution in [3.63, 3.8) is 0 Å². The van der Waals surface area contributed by atoms with E-state index in [9.17, 15) is 5.11 Å². The van der Waals surface area contributed by atoms with Gasteiger partial charge in [-0.05, 0) is 86.4 Å². The van der Waals surface area contributed by atoms with Crippen LogP contribution in [0.1, 0.15) is 40.8 Å². The summed E-state index contributed by atoms with van der Waals surface area (Å²) < 4.78 is 0. The van der Waals surface area contributed by atoms with Gasteiger partial charge in [-0.1, -0.05) is 31.7 Å². The number of aromatic hydroxyl groups is 1. The van der Waals surface area contributed by atoms with Crippen LogP contribution in [-0.4, -0.2) is 5.11 Å². The molecule has 0 spiro atoms. The van der Waals surface area contributed by atoms with E-state index in [4.69, 9.17) is 0 Å². The SMILES string of the molecule is C.Cc1cc2ccccc2c(N=Nc2c(C)c(C)c(C)c(C)c2C)c1O. The van der Waals surface area contributed by atoms with E-state index in [2.05, 4.69) is 44.8 Å². The van der Waals surface area contributed by atoms with E-state index in [0.29, 0.717) is 5.69 Å². The number of hydrogen-bond donors (Lipinski definition) is 1. The number of fused-ring (bicyclic) bond motifs is 1. The minimum atomic E-state index is 0. The first-order valence-corrected chi connectivity index (χ1v) is 8.53. The summed E-state index contributed by atoms with van der Waals surface area (Å²) in [6.07, 6.45) is 0. The van der Waals surface area contributed by atoms with Crippen LogP contribution in [0, 0.1) is 41.5 Å². The lowest BCUT2D eigenvalue weighted by molar-refractivity contribution is 0.473. The van der Waals surface area contributed by atoms with Gasteiger partial charge in [0.1, 0.15) is 11.4 Å². The van der Waals surface area contributed by atoms with E-state index < -0.39 is 0 Å². The summed E-state index contributed by atoms with van der Waals surface area (Å²) in [4.78, 5) is 0. The lowest BCUT2D eigenvalue weighted by atomic mass is 9.93. The number of benzene rings is 3. The first kappa shape index (κ1) is 19.6. The van der Waals surface area contributed by atoms with Crippen LogP contribution in [0.15, 0.2) is 40.6 Å². The van der Waals surface area contributed by atoms with Crippen LogP contribution in [0.4, 0.5) is 11.4 Å². The molecule has 136 valence electrons. The molecule has 3 aromatic carbocycles. The van der Waals surface area contributed by atoms with Crippen LogP contribution >= 0.6 is 0 Å². The quantitative estimate of drug-likeness (QED) is 0.480. The normalized spacial score (nSPS) is 11.2. The molecule has 0 unspecified atom stereocenters. The van der Waals surface area contributed by atoms with Gasteiger partial charge in [0.05, 0.1) is 5.69 Å². The molecule has 26 heavy (non-hydrogen) atoms. The number of azo groups is 1. The lowest BCUT2D eigenvalue weighted by Crippen LogP contribution is -1.95. The number of nitrogens with zero attached hydrogens (tertiary/aromatic N) is 2. The van der Waals surface area contributed by atoms with Crippen molar-refractivity contribution < 1.29 is 5.11 Å². The van der Waals surface area contributed by atoms with Gasteiger partial charge in [-0.3, -0.25) is 0 Å². The first-order chi connectivity index (χ1) is 11.8. The third-order valence-corrected chi connectivity index (χ3v) is 5.40. The number of phenols is 1. The van der Waals surface area contributed by atoms with Crippen LogP contribution in [0.2, 0.25) is 0 Å². The average Bonchev–Trinajstić information content (AvgIpc) is 2.61. The molecule has 0 amide bonds. The summed E-state index contributed by atoms with van der Waals surface area (Å²) in [5.41, 5.74) is 8.30. The molecular formula is C23H28N2O. The van der Waals surface area contributed by atoms with E-state index in [0.717, 1.165) is 33.2 Å². The minimum Gasteiger partial charge on any atom is -0.505 e. The van der Waals surface area contributed by atoms with Crippen molar-refractivity contribution in [2.75, 3.05) is 0 Å². The van der Waals surface area contributed by atoms with Crippen LogP contribution in [0.25, 0.3) is 10.8 Å². The van der Waals surface area contributed by atoms with Crippen molar-refractivity contribution in [1.29, 1.82) is 0 Å². The van der Waals surface area contributed by atoms with Gasteiger partial charge in [-0.15, -0.1) is 10.2 Å². The van der Waals surface area contributed by atoms with Crippen LogP contribution in [-0.2, 0) is 0 Å². The van der Waals surface area contributed by atoms with Gasteiger partial charge in [0.25, 0.3) is 0 Å². The molecule has 0 aromatic heterocycles. The average molecular weight is 348 g/mol. The number of hydrogen-bond acceptors (Lipinski definition) is 3. The Bertz CT molecular complexity index is 988. The summed E-state index contributed by atoms with van der Waals surface area (Å²) in [6, 6.07) is 9.90. The predicted octanol–water partition coefficient (Wildman–Crippen LogP) is 7.45. The summed E-state index contributed by atoms with van der Waals surface area (Å²) in [7, 11) is 0. The molecule has 0 saturated carbocycles. The van der Waals surface area contributed by atoms with Crippen molar-refractivity contribution in [3.05, 3.63) is 63.7 Å². The highest BCUT2D eigenvalue weighted by Crippen LogP contribution is 2.40. The first-order valence-electron chi connectivity index (χ1n) is 8.53. The van der Waals surface area contributed by atoms with Gasteiger partial charge in [0.2, 0.25) is 0 Å². The van der Waals surface area contributed by atoms with Crippen LogP contribution < -0.4 is 0 Å². The summed E-state index contributed by atoms with van der Waals surface area (Å²) in [6.45, 7) is 12.4. The zero-order valence-electron chi connectivity index (χ0n) is 15.7. The highest BCUT2D eigenvalue weighted by Gasteiger charge is 2.13. The van der Waals surface area contributed by atoms with Gasteiger partial charge in [0, 0.05) is 5.39 Å². The summed E-state index contributed by atoms with van der Waals surface area (Å²) >= 11 is 0. The molecule has 0 heterocycles. The van der Waals surface area contributed by atoms with E-state index in [-0.39, 0.29) is 13.2 Å². The van der Waals surface area contributed by atoms with Crippen LogP contribution in [0.3, 0.4) is 0 Å². The molecule has 0 aliphatic heterocycles. The monoisotopic (exact) mass is 348 g/mol. The molecule has 0 aliphatic carbocycles. The Hall–Kier alpha value is -2.68. The van der Waals surface area contributed by atoms with Gasteiger partial charge in [-0.2, -0.15) is 0 Å². The molecule has 0 saturated heterocycles. The predicted molar refractivity (Wildman–Crippen MR) is 111 cm³/mol. The molecule has 0 atom stereocenters. The van der Waals surface area contributed by atoms with E-state index >= 15 is 0 Å². The molecule has 3 aromatic rings. The number of rotatable bonds is 2. The largest absolute Gasteiger partial charge is 0.505 e. The third-order valence-electron chi connectivity index (χ3n) is 5.40. The molecule has 0 radical (unpaired) electrons. The second-order valence-electron chi connectivity index (χ2n) is 6.79. The Morgan fingerprint density at radius 2 is 1.19 bits per heavy atom. The number of aryl methyl sites for hydroxylation is 1. The Kier molecular flexibility index (Phi) is 5.50. The molecule has 0 aliphatic rings. The van der Waals surface area contributed by atoms with Crippen molar-refractivity contribution in [2.24, 2.45) is 10.2 Å². The summed E-state index contributed by atoms with van der Waals surface area (Å²) in [5.74, 6) is 0.193. The van der Waals surface area contributed by atoms with Gasteiger partial charge in [-0.25, -0.2) is 0 Å². The van der Waals surface area contributed by atoms with Gasteiger partial charge < -0.3 is 5.11 Å². The second-order valence-corrected chi connectivity index (χ2v) is 6.79. The zero-order chi connectivity index (χ0) is 18.3. The van der Waals surface area contributed by atoms with Crippen molar-refractivity contribution >= 4 is 22.1 Å². The van der Waals surface area contributed by atoms with Crippen molar-refractivity contribution in [2.45, 2.75) is 49.0 Å². The third kappa shape index (κ3) is 3.10. The smallest absolute Gasteiger partial charge is 0.146 e. The fraction of sp³-hybridized carbons (Fsp3) is 0.304. The zero-order valence-corrected chi connectivity index (χ0v) is 15.7. The van der Waals surface area contributed by atoms with Gasteiger partial charge >= 0.3 is 0 Å². The standard InChI is InChI=1S/C22H24N2O.CH4/c1-12-11-18-9-7-8-10-19(18)21(22(12)25)24-23-20-16(5)14(3)13(2)15(4)17(20)6;/h7-11,25H,1-6H3;1H4. The Labute approximate surface area is 156 Å². The maximum Gasteiger partial charge on any atom is 0.146 e. The molecule has 0 fully saturated rings. The van der Waals surface area contributed by atoms with Gasteiger partial charge in [0.15, 0.2) is 0 Å². The topological polar surface area (TPSA) is 45.0 Å². The summed E-state index contributed by atoms with van der Waals surface area (Å²) in [5, 5.41) is 21.5. The lowest BCUT2D eigenvalue weighted by Gasteiger charge is -2.15. The highest BCUT2D eigenvalue weighted by molar-refractivity contribution is 5.96.